The molecule has 9 heteroatoms. The van der Waals surface area contributed by atoms with Gasteiger partial charge in [-0.15, -0.1) is 0 Å². The minimum absolute atomic E-state index is 0.361. The van der Waals surface area contributed by atoms with Crippen LogP contribution in [-0.2, 0) is 4.79 Å². The van der Waals surface area contributed by atoms with Gasteiger partial charge in [-0.2, -0.15) is 18.4 Å². The Morgan fingerprint density at radius 3 is 2.76 bits per heavy atom. The normalized spacial score (nSPS) is 20.3. The van der Waals surface area contributed by atoms with Crippen LogP contribution in [0.1, 0.15) is 30.0 Å². The molecule has 0 saturated carbocycles. The van der Waals surface area contributed by atoms with E-state index in [1.165, 1.54) is 0 Å². The van der Waals surface area contributed by atoms with Crippen LogP contribution in [0.4, 0.5) is 18.9 Å². The first-order valence-corrected chi connectivity index (χ1v) is 9.31. The molecule has 0 aliphatic carbocycles. The summed E-state index contributed by atoms with van der Waals surface area (Å²) in [5, 5.41) is 11.8. The van der Waals surface area contributed by atoms with Crippen molar-refractivity contribution in [3.8, 4) is 17.6 Å². The molecule has 5 nitrogen and oxygen atoms in total. The first-order chi connectivity index (χ1) is 13.8. The lowest BCUT2D eigenvalue weighted by Crippen LogP contribution is -2.52. The van der Waals surface area contributed by atoms with Crippen molar-refractivity contribution in [2.75, 3.05) is 11.4 Å². The van der Waals surface area contributed by atoms with E-state index < -0.39 is 24.2 Å². The van der Waals surface area contributed by atoms with Gasteiger partial charge in [-0.05, 0) is 43.2 Å². The van der Waals surface area contributed by atoms with Gasteiger partial charge >= 0.3 is 12.1 Å². The highest BCUT2D eigenvalue weighted by atomic mass is 35.5. The van der Waals surface area contributed by atoms with Gasteiger partial charge in [0.1, 0.15) is 5.75 Å². The van der Waals surface area contributed by atoms with Gasteiger partial charge in [0.15, 0.2) is 5.75 Å². The molecular formula is C20H15ClF3N3O2. The third kappa shape index (κ3) is 3.58. The number of carbonyl (C=O) groups is 1. The van der Waals surface area contributed by atoms with Gasteiger partial charge in [-0.3, -0.25) is 4.79 Å². The van der Waals surface area contributed by atoms with Crippen LogP contribution in [-0.4, -0.2) is 24.7 Å². The minimum atomic E-state index is -4.97. The highest BCUT2D eigenvalue weighted by Crippen LogP contribution is 2.48. The lowest BCUT2D eigenvalue weighted by molar-refractivity contribution is -0.174. The van der Waals surface area contributed by atoms with E-state index in [1.807, 2.05) is 11.0 Å². The molecule has 0 bridgehead atoms. The molecule has 2 aromatic carbocycles. The molecule has 0 unspecified atom stereocenters. The molecule has 0 spiro atoms. The number of benzene rings is 2. The Kier molecular flexibility index (Phi) is 4.79. The second kappa shape index (κ2) is 7.16. The van der Waals surface area contributed by atoms with Gasteiger partial charge in [-0.1, -0.05) is 17.7 Å². The smallest absolute Gasteiger partial charge is 0.455 e. The number of piperidine rings is 1. The van der Waals surface area contributed by atoms with Gasteiger partial charge in [-0.25, -0.2) is 0 Å². The van der Waals surface area contributed by atoms with Crippen molar-refractivity contribution in [2.24, 2.45) is 0 Å². The summed E-state index contributed by atoms with van der Waals surface area (Å²) < 4.78 is 44.7. The van der Waals surface area contributed by atoms with Crippen molar-refractivity contribution in [3.05, 3.63) is 52.5 Å². The maximum atomic E-state index is 12.9. The molecule has 1 saturated heterocycles. The average molecular weight is 422 g/mol. The molecule has 2 aromatic rings. The van der Waals surface area contributed by atoms with E-state index in [2.05, 4.69) is 5.32 Å². The van der Waals surface area contributed by atoms with Crippen molar-refractivity contribution in [1.29, 1.82) is 5.26 Å². The minimum Gasteiger partial charge on any atom is -0.455 e. The van der Waals surface area contributed by atoms with Gasteiger partial charge in [0.2, 0.25) is 0 Å². The summed E-state index contributed by atoms with van der Waals surface area (Å²) in [6, 6.07) is 10.5. The number of anilines is 1. The molecule has 29 heavy (non-hydrogen) atoms. The summed E-state index contributed by atoms with van der Waals surface area (Å²) >= 11 is 6.16. The van der Waals surface area contributed by atoms with Gasteiger partial charge in [0, 0.05) is 17.1 Å². The zero-order valence-corrected chi connectivity index (χ0v) is 15.7. The average Bonchev–Trinajstić information content (AvgIpc) is 2.81. The molecule has 150 valence electrons. The van der Waals surface area contributed by atoms with Crippen molar-refractivity contribution < 1.29 is 22.7 Å². The number of hydrogen-bond acceptors (Lipinski definition) is 4. The predicted octanol–water partition coefficient (Wildman–Crippen LogP) is 4.71. The number of rotatable bonds is 1. The van der Waals surface area contributed by atoms with Gasteiger partial charge < -0.3 is 15.0 Å². The summed E-state index contributed by atoms with van der Waals surface area (Å²) in [5.74, 6) is -1.12. The monoisotopic (exact) mass is 421 g/mol. The number of alkyl halides is 3. The number of nitriles is 1. The molecule has 1 N–H and O–H groups in total. The van der Waals surface area contributed by atoms with Crippen LogP contribution in [0.3, 0.4) is 0 Å². The number of amides is 1. The predicted molar refractivity (Wildman–Crippen MR) is 100.0 cm³/mol. The molecule has 1 amide bonds. The first-order valence-electron chi connectivity index (χ1n) is 8.93. The van der Waals surface area contributed by atoms with E-state index >= 15 is 0 Å². The van der Waals surface area contributed by atoms with Crippen LogP contribution in [0.15, 0.2) is 36.4 Å². The largest absolute Gasteiger partial charge is 0.471 e. The summed E-state index contributed by atoms with van der Waals surface area (Å²) in [6.07, 6.45) is -4.02. The molecule has 2 aliphatic heterocycles. The van der Waals surface area contributed by atoms with Gasteiger partial charge in [0.25, 0.3) is 0 Å². The molecule has 2 atom stereocenters. The summed E-state index contributed by atoms with van der Waals surface area (Å²) in [4.78, 5) is 13.6. The molecule has 0 radical (unpaired) electrons. The molecule has 1 fully saturated rings. The van der Waals surface area contributed by atoms with Crippen molar-refractivity contribution >= 4 is 23.2 Å². The fourth-order valence-electron chi connectivity index (χ4n) is 3.91. The van der Waals surface area contributed by atoms with Crippen molar-refractivity contribution in [1.82, 2.24) is 5.32 Å². The van der Waals surface area contributed by atoms with Crippen LogP contribution in [0.5, 0.6) is 11.5 Å². The Balaban J connectivity index is 1.85. The van der Waals surface area contributed by atoms with Crippen LogP contribution in [0.25, 0.3) is 0 Å². The molecule has 0 aromatic heterocycles. The first kappa shape index (κ1) is 19.4. The highest BCUT2D eigenvalue weighted by molar-refractivity contribution is 6.31. The van der Waals surface area contributed by atoms with E-state index in [-0.39, 0.29) is 0 Å². The second-order valence-corrected chi connectivity index (χ2v) is 7.37. The van der Waals surface area contributed by atoms with Gasteiger partial charge in [0.05, 0.1) is 29.4 Å². The Morgan fingerprint density at radius 2 is 2.03 bits per heavy atom. The Labute approximate surface area is 169 Å². The van der Waals surface area contributed by atoms with E-state index in [0.29, 0.717) is 52.7 Å². The Morgan fingerprint density at radius 1 is 1.24 bits per heavy atom. The van der Waals surface area contributed by atoms with Crippen LogP contribution < -0.4 is 15.0 Å². The van der Waals surface area contributed by atoms with E-state index in [0.717, 1.165) is 0 Å². The van der Waals surface area contributed by atoms with Crippen LogP contribution in [0, 0.1) is 11.3 Å². The van der Waals surface area contributed by atoms with Crippen LogP contribution >= 0.6 is 11.6 Å². The lowest BCUT2D eigenvalue weighted by Gasteiger charge is -2.42. The number of ether oxygens (including phenoxy) is 1. The fraction of sp³-hybridized carbons (Fsp3) is 0.300. The zero-order chi connectivity index (χ0) is 20.8. The third-order valence-corrected chi connectivity index (χ3v) is 5.35. The Bertz CT molecular complexity index is 1020. The number of carbonyl (C=O) groups excluding carboxylic acids is 1. The van der Waals surface area contributed by atoms with Crippen molar-refractivity contribution in [2.45, 2.75) is 31.1 Å². The topological polar surface area (TPSA) is 65.4 Å². The molecule has 2 heterocycles. The maximum Gasteiger partial charge on any atom is 0.471 e. The summed E-state index contributed by atoms with van der Waals surface area (Å²) in [5.41, 5.74) is 1.59. The van der Waals surface area contributed by atoms with Crippen LogP contribution in [0.2, 0.25) is 5.02 Å². The lowest BCUT2D eigenvalue weighted by atomic mass is 9.89. The fourth-order valence-corrected chi connectivity index (χ4v) is 4.07. The molecular weight excluding hydrogens is 407 g/mol. The summed E-state index contributed by atoms with van der Waals surface area (Å²) in [7, 11) is 0. The zero-order valence-electron chi connectivity index (χ0n) is 15.0. The van der Waals surface area contributed by atoms with E-state index in [9.17, 15) is 23.2 Å². The highest BCUT2D eigenvalue weighted by Gasteiger charge is 2.44. The summed E-state index contributed by atoms with van der Waals surface area (Å²) in [6.45, 7) is 0.555. The second-order valence-electron chi connectivity index (χ2n) is 6.94. The maximum absolute atomic E-state index is 12.9. The standard InChI is InChI=1S/C20H15ClF3N3O2/c21-12-4-6-16-15(9-12)27-7-1-2-14(26-19(28)20(22,23)24)18(27)13-5-3-11(10-25)8-17(13)29-16/h3-6,8-9,14,18H,1-2,7H2,(H,26,28)/t14-,18+/m1/s1. The number of halogens is 4. The molecule has 4 rings (SSSR count). The number of nitrogens with one attached hydrogen (secondary N) is 1. The van der Waals surface area contributed by atoms with Crippen molar-refractivity contribution in [3.63, 3.8) is 0 Å². The quantitative estimate of drug-likeness (QED) is 0.724. The number of fused-ring (bicyclic) bond motifs is 5. The number of hydrogen-bond donors (Lipinski definition) is 1. The third-order valence-electron chi connectivity index (χ3n) is 5.12. The van der Waals surface area contributed by atoms with E-state index in [4.69, 9.17) is 16.3 Å². The Hall–Kier alpha value is -2.92. The van der Waals surface area contributed by atoms with E-state index in [1.54, 1.807) is 36.4 Å². The molecule has 2 aliphatic rings. The SMILES string of the molecule is N#Cc1ccc2c(c1)Oc1ccc(Cl)cc1N1CCC[C@@H](NC(=O)C(F)(F)F)[C@H]21. The number of nitrogens with zero attached hydrogens (tertiary/aromatic N) is 2.